The summed E-state index contributed by atoms with van der Waals surface area (Å²) in [5.74, 6) is 0.399. The highest BCUT2D eigenvalue weighted by Gasteiger charge is 2.18. The molecule has 8 nitrogen and oxygen atoms in total. The van der Waals surface area contributed by atoms with Crippen molar-refractivity contribution in [1.82, 2.24) is 5.43 Å². The first-order valence-electron chi connectivity index (χ1n) is 10.4. The minimum Gasteiger partial charge on any atom is -0.493 e. The third-order valence-corrected chi connectivity index (χ3v) is 5.18. The summed E-state index contributed by atoms with van der Waals surface area (Å²) in [4.78, 5) is 22.8. The van der Waals surface area contributed by atoms with E-state index in [1.54, 1.807) is 24.3 Å². The van der Waals surface area contributed by atoms with Crippen molar-refractivity contribution in [3.05, 3.63) is 112 Å². The number of amides is 1. The van der Waals surface area contributed by atoms with Crippen molar-refractivity contribution in [2.75, 3.05) is 7.11 Å². The van der Waals surface area contributed by atoms with E-state index < -0.39 is 10.8 Å². The smallest absolute Gasteiger partial charge is 0.282 e. The number of fused-ring (bicyclic) bond motifs is 1. The number of para-hydroxylation sites is 1. The molecule has 0 unspecified atom stereocenters. The number of nitrogens with one attached hydrogen (secondary N) is 1. The van der Waals surface area contributed by atoms with Crippen LogP contribution in [-0.4, -0.2) is 24.2 Å². The highest BCUT2D eigenvalue weighted by molar-refractivity contribution is 5.98. The number of nitrogens with zero attached hydrogens (tertiary/aromatic N) is 2. The first-order chi connectivity index (χ1) is 16.6. The topological polar surface area (TPSA) is 103 Å². The number of carbonyl (C=O) groups excluding carboxylic acids is 1. The minimum absolute atomic E-state index is 0.0700. The van der Waals surface area contributed by atoms with Gasteiger partial charge in [0.05, 0.1) is 18.2 Å². The average Bonchev–Trinajstić information content (AvgIpc) is 2.87. The van der Waals surface area contributed by atoms with Crippen LogP contribution in [0.2, 0.25) is 0 Å². The van der Waals surface area contributed by atoms with Crippen LogP contribution in [0.25, 0.3) is 10.8 Å². The Hall–Kier alpha value is -4.72. The van der Waals surface area contributed by atoms with Crippen molar-refractivity contribution in [1.29, 1.82) is 0 Å². The van der Waals surface area contributed by atoms with Crippen LogP contribution in [0.5, 0.6) is 11.5 Å². The molecule has 0 aliphatic rings. The van der Waals surface area contributed by atoms with Crippen LogP contribution in [0.4, 0.5) is 5.69 Å². The predicted molar refractivity (Wildman–Crippen MR) is 129 cm³/mol. The molecule has 1 N–H and O–H groups in total. The second-order valence-corrected chi connectivity index (χ2v) is 7.31. The summed E-state index contributed by atoms with van der Waals surface area (Å²) < 4.78 is 11.5. The molecule has 170 valence electrons. The lowest BCUT2D eigenvalue weighted by Gasteiger charge is -2.12. The Kier molecular flexibility index (Phi) is 6.78. The van der Waals surface area contributed by atoms with Crippen LogP contribution in [0.15, 0.2) is 90.0 Å². The molecule has 4 aromatic rings. The summed E-state index contributed by atoms with van der Waals surface area (Å²) in [5.41, 5.74) is 3.66. The summed E-state index contributed by atoms with van der Waals surface area (Å²) in [6.45, 7) is 0.372. The van der Waals surface area contributed by atoms with Gasteiger partial charge in [-0.15, -0.1) is 0 Å². The maximum absolute atomic E-state index is 12.3. The minimum atomic E-state index is -0.675. The molecule has 0 fully saturated rings. The van der Waals surface area contributed by atoms with Crippen molar-refractivity contribution < 1.29 is 19.2 Å². The van der Waals surface area contributed by atoms with Gasteiger partial charge >= 0.3 is 0 Å². The molecule has 0 atom stereocenters. The Morgan fingerprint density at radius 2 is 1.76 bits per heavy atom. The third-order valence-electron chi connectivity index (χ3n) is 5.18. The summed E-state index contributed by atoms with van der Waals surface area (Å²) in [6, 6.07) is 25.1. The van der Waals surface area contributed by atoms with E-state index in [0.717, 1.165) is 16.3 Å². The van der Waals surface area contributed by atoms with Gasteiger partial charge < -0.3 is 9.47 Å². The largest absolute Gasteiger partial charge is 0.493 e. The van der Waals surface area contributed by atoms with Crippen molar-refractivity contribution in [3.63, 3.8) is 0 Å². The van der Waals surface area contributed by atoms with E-state index in [1.807, 2.05) is 24.3 Å². The monoisotopic (exact) mass is 455 g/mol. The molecule has 0 aliphatic carbocycles. The molecular formula is C26H21N3O5. The van der Waals surface area contributed by atoms with Crippen molar-refractivity contribution in [2.45, 2.75) is 6.61 Å². The van der Waals surface area contributed by atoms with E-state index in [9.17, 15) is 14.9 Å². The number of rotatable bonds is 8. The van der Waals surface area contributed by atoms with Gasteiger partial charge in [-0.2, -0.15) is 5.10 Å². The lowest BCUT2D eigenvalue weighted by atomic mass is 10.1. The Morgan fingerprint density at radius 3 is 2.59 bits per heavy atom. The van der Waals surface area contributed by atoms with E-state index >= 15 is 0 Å². The van der Waals surface area contributed by atoms with Crippen LogP contribution < -0.4 is 14.9 Å². The number of hydrogen-bond donors (Lipinski definition) is 1. The molecule has 4 aromatic carbocycles. The van der Waals surface area contributed by atoms with E-state index in [4.69, 9.17) is 9.47 Å². The van der Waals surface area contributed by atoms with Gasteiger partial charge in [0.1, 0.15) is 12.2 Å². The third kappa shape index (κ3) is 5.02. The van der Waals surface area contributed by atoms with E-state index in [2.05, 4.69) is 28.7 Å². The van der Waals surface area contributed by atoms with Crippen LogP contribution in [0, 0.1) is 10.1 Å². The highest BCUT2D eigenvalue weighted by Crippen LogP contribution is 2.29. The van der Waals surface area contributed by atoms with Gasteiger partial charge in [-0.3, -0.25) is 14.9 Å². The molecule has 0 heterocycles. The van der Waals surface area contributed by atoms with Gasteiger partial charge in [-0.1, -0.05) is 54.6 Å². The van der Waals surface area contributed by atoms with Gasteiger partial charge in [-0.05, 0) is 46.2 Å². The first-order valence-corrected chi connectivity index (χ1v) is 10.4. The summed E-state index contributed by atoms with van der Waals surface area (Å²) in [6.07, 6.45) is 1.42. The van der Waals surface area contributed by atoms with E-state index in [1.165, 1.54) is 31.5 Å². The summed E-state index contributed by atoms with van der Waals surface area (Å²) >= 11 is 0. The molecule has 0 aliphatic heterocycles. The second kappa shape index (κ2) is 10.3. The molecule has 8 heteroatoms. The normalized spacial score (nSPS) is 10.9. The number of ether oxygens (including phenoxy) is 2. The molecule has 0 aromatic heterocycles. The summed E-state index contributed by atoms with van der Waals surface area (Å²) in [7, 11) is 1.54. The number of hydrazone groups is 1. The fourth-order valence-corrected chi connectivity index (χ4v) is 3.51. The molecular weight excluding hydrogens is 434 g/mol. The zero-order valence-corrected chi connectivity index (χ0v) is 18.3. The van der Waals surface area contributed by atoms with Crippen molar-refractivity contribution in [2.24, 2.45) is 5.10 Å². The van der Waals surface area contributed by atoms with Gasteiger partial charge in [0, 0.05) is 6.07 Å². The van der Waals surface area contributed by atoms with Crippen LogP contribution >= 0.6 is 0 Å². The predicted octanol–water partition coefficient (Wildman–Crippen LogP) is 5.10. The fourth-order valence-electron chi connectivity index (χ4n) is 3.51. The fraction of sp³-hybridized carbons (Fsp3) is 0.0769. The molecule has 34 heavy (non-hydrogen) atoms. The Morgan fingerprint density at radius 1 is 1.00 bits per heavy atom. The van der Waals surface area contributed by atoms with Crippen molar-refractivity contribution in [3.8, 4) is 11.5 Å². The Bertz CT molecular complexity index is 1380. The standard InChI is InChI=1S/C26H21N3O5/c1-33-25-15-18(16-27-28-26(30)22-11-4-5-12-23(22)29(31)32)13-14-24(25)34-17-20-9-6-8-19-7-2-3-10-21(19)20/h2-16H,17H2,1H3,(H,28,30)/b27-16-. The lowest BCUT2D eigenvalue weighted by molar-refractivity contribution is -0.385. The maximum Gasteiger partial charge on any atom is 0.282 e. The zero-order valence-electron chi connectivity index (χ0n) is 18.3. The molecule has 0 saturated heterocycles. The van der Waals surface area contributed by atoms with E-state index in [0.29, 0.717) is 23.7 Å². The number of nitro groups is 1. The molecule has 4 rings (SSSR count). The van der Waals surface area contributed by atoms with Crippen LogP contribution in [0.3, 0.4) is 0 Å². The van der Waals surface area contributed by atoms with Gasteiger partial charge in [-0.25, -0.2) is 5.43 Å². The van der Waals surface area contributed by atoms with Gasteiger partial charge in [0.25, 0.3) is 11.6 Å². The molecule has 0 bridgehead atoms. The lowest BCUT2D eigenvalue weighted by Crippen LogP contribution is -2.18. The van der Waals surface area contributed by atoms with Gasteiger partial charge in [0.15, 0.2) is 11.5 Å². The molecule has 0 radical (unpaired) electrons. The Balaban J connectivity index is 1.44. The SMILES string of the molecule is COc1cc(/C=N\NC(=O)c2ccccc2[N+](=O)[O-])ccc1OCc1cccc2ccccc12. The summed E-state index contributed by atoms with van der Waals surface area (Å²) in [5, 5.41) is 17.3. The number of hydrogen-bond acceptors (Lipinski definition) is 6. The second-order valence-electron chi connectivity index (χ2n) is 7.31. The highest BCUT2D eigenvalue weighted by atomic mass is 16.6. The average molecular weight is 455 g/mol. The number of nitro benzene ring substituents is 1. The maximum atomic E-state index is 12.3. The first kappa shape index (κ1) is 22.5. The Labute approximate surface area is 195 Å². The molecule has 0 spiro atoms. The molecule has 1 amide bonds. The number of carbonyl (C=O) groups is 1. The van der Waals surface area contributed by atoms with Crippen LogP contribution in [-0.2, 0) is 6.61 Å². The number of benzene rings is 4. The molecule has 0 saturated carbocycles. The van der Waals surface area contributed by atoms with E-state index in [-0.39, 0.29) is 11.3 Å². The van der Waals surface area contributed by atoms with Crippen LogP contribution in [0.1, 0.15) is 21.5 Å². The van der Waals surface area contributed by atoms with Crippen molar-refractivity contribution >= 4 is 28.6 Å². The quantitative estimate of drug-likeness (QED) is 0.226. The number of methoxy groups -OCH3 is 1. The van der Waals surface area contributed by atoms with Gasteiger partial charge in [0.2, 0.25) is 0 Å². The zero-order chi connectivity index (χ0) is 23.9.